The van der Waals surface area contributed by atoms with Crippen molar-refractivity contribution in [2.24, 2.45) is 0 Å². The Labute approximate surface area is 109 Å². The van der Waals surface area contributed by atoms with Crippen molar-refractivity contribution in [2.75, 3.05) is 24.3 Å². The zero-order valence-corrected chi connectivity index (χ0v) is 11.4. The molecule has 0 aliphatic rings. The van der Waals surface area contributed by atoms with Crippen LogP contribution in [-0.4, -0.2) is 19.1 Å². The normalized spacial score (nSPS) is 10.4. The van der Waals surface area contributed by atoms with E-state index in [1.165, 1.54) is 0 Å². The summed E-state index contributed by atoms with van der Waals surface area (Å²) in [6.45, 7) is 7.13. The van der Waals surface area contributed by atoms with E-state index in [0.29, 0.717) is 25.3 Å². The molecule has 0 aliphatic carbocycles. The number of hydrogen-bond donors (Lipinski definition) is 2. The van der Waals surface area contributed by atoms with Crippen LogP contribution in [0.2, 0.25) is 0 Å². The van der Waals surface area contributed by atoms with Gasteiger partial charge in [-0.15, -0.1) is 0 Å². The molecule has 0 saturated carbocycles. The summed E-state index contributed by atoms with van der Waals surface area (Å²) in [5, 5.41) is 2.85. The lowest BCUT2D eigenvalue weighted by molar-refractivity contribution is -0.117. The fourth-order valence-corrected chi connectivity index (χ4v) is 1.62. The molecule has 4 heteroatoms. The number of carbonyl (C=O) groups excluding carboxylic acids is 1. The maximum absolute atomic E-state index is 11.7. The number of amides is 1. The van der Waals surface area contributed by atoms with Crippen LogP contribution < -0.4 is 11.1 Å². The van der Waals surface area contributed by atoms with Crippen LogP contribution in [0.25, 0.3) is 0 Å². The van der Waals surface area contributed by atoms with E-state index < -0.39 is 0 Å². The van der Waals surface area contributed by atoms with Crippen LogP contribution in [0, 0.1) is 13.8 Å². The lowest BCUT2D eigenvalue weighted by atomic mass is 10.1. The number of nitrogens with one attached hydrogen (secondary N) is 1. The Morgan fingerprint density at radius 2 is 2.06 bits per heavy atom. The molecule has 1 amide bonds. The van der Waals surface area contributed by atoms with E-state index in [-0.39, 0.29) is 5.91 Å². The molecule has 0 heterocycles. The van der Waals surface area contributed by atoms with Crippen LogP contribution in [0.15, 0.2) is 12.1 Å². The zero-order chi connectivity index (χ0) is 13.5. The minimum absolute atomic E-state index is 0.0634. The van der Waals surface area contributed by atoms with Gasteiger partial charge in [0.25, 0.3) is 0 Å². The minimum atomic E-state index is -0.0634. The molecule has 0 aliphatic heterocycles. The SMILES string of the molecule is CCCOCCC(=O)Nc1c(N)ccc(C)c1C. The molecule has 0 spiro atoms. The third kappa shape index (κ3) is 4.04. The summed E-state index contributed by atoms with van der Waals surface area (Å²) in [5.74, 6) is -0.0634. The summed E-state index contributed by atoms with van der Waals surface area (Å²) in [4.78, 5) is 11.7. The monoisotopic (exact) mass is 250 g/mol. The first-order valence-corrected chi connectivity index (χ1v) is 6.29. The lowest BCUT2D eigenvalue weighted by Crippen LogP contribution is -2.16. The van der Waals surface area contributed by atoms with Gasteiger partial charge in [-0.25, -0.2) is 0 Å². The Kier molecular flexibility index (Phi) is 5.65. The van der Waals surface area contributed by atoms with Crippen molar-refractivity contribution < 1.29 is 9.53 Å². The predicted octanol–water partition coefficient (Wildman–Crippen LogP) is 2.64. The first-order chi connectivity index (χ1) is 8.56. The van der Waals surface area contributed by atoms with Gasteiger partial charge in [0.15, 0.2) is 0 Å². The number of aryl methyl sites for hydroxylation is 1. The van der Waals surface area contributed by atoms with Crippen LogP contribution in [0.4, 0.5) is 11.4 Å². The van der Waals surface area contributed by atoms with Gasteiger partial charge in [-0.05, 0) is 37.5 Å². The highest BCUT2D eigenvalue weighted by atomic mass is 16.5. The summed E-state index contributed by atoms with van der Waals surface area (Å²) in [7, 11) is 0. The van der Waals surface area contributed by atoms with Gasteiger partial charge in [0.1, 0.15) is 0 Å². The van der Waals surface area contributed by atoms with Crippen LogP contribution in [0.1, 0.15) is 30.9 Å². The maximum atomic E-state index is 11.7. The van der Waals surface area contributed by atoms with Crippen molar-refractivity contribution in [3.8, 4) is 0 Å². The van der Waals surface area contributed by atoms with Gasteiger partial charge >= 0.3 is 0 Å². The predicted molar refractivity (Wildman–Crippen MR) is 74.7 cm³/mol. The van der Waals surface area contributed by atoms with Crippen LogP contribution in [-0.2, 0) is 9.53 Å². The molecule has 1 rings (SSSR count). The quantitative estimate of drug-likeness (QED) is 0.602. The largest absolute Gasteiger partial charge is 0.397 e. The number of nitrogen functional groups attached to an aromatic ring is 1. The second kappa shape index (κ2) is 7.01. The fourth-order valence-electron chi connectivity index (χ4n) is 1.62. The number of benzene rings is 1. The van der Waals surface area contributed by atoms with E-state index in [1.807, 2.05) is 32.9 Å². The number of hydrogen-bond acceptors (Lipinski definition) is 3. The lowest BCUT2D eigenvalue weighted by Gasteiger charge is -2.13. The molecule has 0 saturated heterocycles. The molecule has 100 valence electrons. The van der Waals surface area contributed by atoms with E-state index in [0.717, 1.165) is 23.2 Å². The summed E-state index contributed by atoms with van der Waals surface area (Å²) < 4.78 is 5.28. The number of carbonyl (C=O) groups is 1. The minimum Gasteiger partial charge on any atom is -0.397 e. The Bertz CT molecular complexity index is 417. The standard InChI is InChI=1S/C14H22N2O2/c1-4-8-18-9-7-13(17)16-14-11(3)10(2)5-6-12(14)15/h5-6H,4,7-9,15H2,1-3H3,(H,16,17). The Morgan fingerprint density at radius 3 is 2.72 bits per heavy atom. The molecule has 0 fully saturated rings. The molecular weight excluding hydrogens is 228 g/mol. The molecule has 0 bridgehead atoms. The highest BCUT2D eigenvalue weighted by Gasteiger charge is 2.09. The van der Waals surface area contributed by atoms with E-state index in [1.54, 1.807) is 0 Å². The van der Waals surface area contributed by atoms with Crippen molar-refractivity contribution in [1.82, 2.24) is 0 Å². The number of rotatable bonds is 6. The van der Waals surface area contributed by atoms with Gasteiger partial charge in [-0.1, -0.05) is 13.0 Å². The van der Waals surface area contributed by atoms with Crippen LogP contribution >= 0.6 is 0 Å². The Balaban J connectivity index is 2.57. The Morgan fingerprint density at radius 1 is 1.33 bits per heavy atom. The number of ether oxygens (including phenoxy) is 1. The fraction of sp³-hybridized carbons (Fsp3) is 0.500. The highest BCUT2D eigenvalue weighted by molar-refractivity contribution is 5.95. The molecule has 4 nitrogen and oxygen atoms in total. The van der Waals surface area contributed by atoms with Gasteiger partial charge < -0.3 is 15.8 Å². The van der Waals surface area contributed by atoms with E-state index in [2.05, 4.69) is 5.32 Å². The molecule has 1 aromatic carbocycles. The molecule has 0 aromatic heterocycles. The van der Waals surface area contributed by atoms with Crippen molar-refractivity contribution in [2.45, 2.75) is 33.6 Å². The molecule has 0 unspecified atom stereocenters. The first-order valence-electron chi connectivity index (χ1n) is 6.29. The van der Waals surface area contributed by atoms with Gasteiger partial charge in [0, 0.05) is 6.61 Å². The van der Waals surface area contributed by atoms with Gasteiger partial charge in [-0.2, -0.15) is 0 Å². The average Bonchev–Trinajstić information content (AvgIpc) is 2.35. The smallest absolute Gasteiger partial charge is 0.226 e. The summed E-state index contributed by atoms with van der Waals surface area (Å²) >= 11 is 0. The zero-order valence-electron chi connectivity index (χ0n) is 11.4. The summed E-state index contributed by atoms with van der Waals surface area (Å²) in [5.41, 5.74) is 9.31. The van der Waals surface area contributed by atoms with Crippen molar-refractivity contribution in [1.29, 1.82) is 0 Å². The topological polar surface area (TPSA) is 64.3 Å². The van der Waals surface area contributed by atoms with Crippen LogP contribution in [0.3, 0.4) is 0 Å². The van der Waals surface area contributed by atoms with Crippen LogP contribution in [0.5, 0.6) is 0 Å². The second-order valence-corrected chi connectivity index (χ2v) is 4.38. The molecule has 3 N–H and O–H groups in total. The van der Waals surface area contributed by atoms with Gasteiger partial charge in [0.2, 0.25) is 5.91 Å². The van der Waals surface area contributed by atoms with Gasteiger partial charge in [-0.3, -0.25) is 4.79 Å². The van der Waals surface area contributed by atoms with Crippen molar-refractivity contribution in [3.05, 3.63) is 23.3 Å². The third-order valence-corrected chi connectivity index (χ3v) is 2.85. The molecule has 0 radical (unpaired) electrons. The molecule has 1 aromatic rings. The van der Waals surface area contributed by atoms with Gasteiger partial charge in [0.05, 0.1) is 24.4 Å². The van der Waals surface area contributed by atoms with Crippen molar-refractivity contribution in [3.63, 3.8) is 0 Å². The summed E-state index contributed by atoms with van der Waals surface area (Å²) in [6, 6.07) is 3.76. The highest BCUT2D eigenvalue weighted by Crippen LogP contribution is 2.25. The molecule has 0 atom stereocenters. The third-order valence-electron chi connectivity index (χ3n) is 2.85. The second-order valence-electron chi connectivity index (χ2n) is 4.38. The summed E-state index contributed by atoms with van der Waals surface area (Å²) in [6.07, 6.45) is 1.32. The van der Waals surface area contributed by atoms with E-state index in [9.17, 15) is 4.79 Å². The molecular formula is C14H22N2O2. The van der Waals surface area contributed by atoms with E-state index >= 15 is 0 Å². The molecule has 18 heavy (non-hydrogen) atoms. The average molecular weight is 250 g/mol. The first kappa shape index (κ1) is 14.5. The van der Waals surface area contributed by atoms with E-state index in [4.69, 9.17) is 10.5 Å². The Hall–Kier alpha value is -1.55. The number of nitrogens with two attached hydrogens (primary N) is 1. The number of anilines is 2. The maximum Gasteiger partial charge on any atom is 0.226 e. The van der Waals surface area contributed by atoms with Crippen molar-refractivity contribution >= 4 is 17.3 Å².